The molecular formula is C25H25ClFN3S. The summed E-state index contributed by atoms with van der Waals surface area (Å²) in [5.41, 5.74) is 10.1. The van der Waals surface area contributed by atoms with Crippen molar-refractivity contribution in [2.45, 2.75) is 36.9 Å². The fraction of sp³-hybridized carbons (Fsp3) is 0.280. The van der Waals surface area contributed by atoms with Gasteiger partial charge in [0.15, 0.2) is 0 Å². The van der Waals surface area contributed by atoms with E-state index in [-0.39, 0.29) is 11.1 Å². The topological polar surface area (TPSA) is 51.3 Å². The SMILES string of the molecule is C=C(c1cc(Cl)ccc1N=CN)C(S)C1CCC(c2ccnc3ccc(F)cc23)CC1. The Morgan fingerprint density at radius 3 is 2.71 bits per heavy atom. The van der Waals surface area contributed by atoms with Crippen LogP contribution in [0.2, 0.25) is 5.02 Å². The first kappa shape index (κ1) is 21.8. The van der Waals surface area contributed by atoms with Crippen LogP contribution in [0, 0.1) is 11.7 Å². The van der Waals surface area contributed by atoms with Gasteiger partial charge in [-0.25, -0.2) is 9.38 Å². The summed E-state index contributed by atoms with van der Waals surface area (Å²) in [7, 11) is 0. The van der Waals surface area contributed by atoms with Crippen molar-refractivity contribution in [1.29, 1.82) is 0 Å². The van der Waals surface area contributed by atoms with E-state index in [0.29, 0.717) is 16.9 Å². The molecule has 0 amide bonds. The first-order valence-electron chi connectivity index (χ1n) is 10.4. The molecular weight excluding hydrogens is 429 g/mol. The number of pyridine rings is 1. The molecule has 31 heavy (non-hydrogen) atoms. The summed E-state index contributed by atoms with van der Waals surface area (Å²) in [5.74, 6) is 0.561. The standard InChI is InChI=1S/C25H25ClFN3S/c1-15(21-12-18(26)6-8-23(21)30-14-28)25(31)17-4-2-16(3-5-17)20-10-11-29-24-9-7-19(27)13-22(20)24/h6-14,16-17,25,31H,1-5H2,(H2,28,30). The largest absolute Gasteiger partial charge is 0.390 e. The first-order valence-corrected chi connectivity index (χ1v) is 11.3. The Bertz CT molecular complexity index is 1140. The average Bonchev–Trinajstić information content (AvgIpc) is 2.79. The molecule has 0 aliphatic heterocycles. The van der Waals surface area contributed by atoms with Gasteiger partial charge in [-0.05, 0) is 91.1 Å². The maximum atomic E-state index is 13.8. The van der Waals surface area contributed by atoms with Gasteiger partial charge in [0.25, 0.3) is 0 Å². The smallest absolute Gasteiger partial charge is 0.123 e. The van der Waals surface area contributed by atoms with Crippen LogP contribution in [0.4, 0.5) is 10.1 Å². The van der Waals surface area contributed by atoms with Gasteiger partial charge in [0.2, 0.25) is 0 Å². The Kier molecular flexibility index (Phi) is 6.63. The number of aromatic nitrogens is 1. The Morgan fingerprint density at radius 1 is 1.19 bits per heavy atom. The van der Waals surface area contributed by atoms with Crippen molar-refractivity contribution in [1.82, 2.24) is 4.98 Å². The first-order chi connectivity index (χ1) is 15.0. The third kappa shape index (κ3) is 4.63. The van der Waals surface area contributed by atoms with Crippen molar-refractivity contribution < 1.29 is 4.39 Å². The lowest BCUT2D eigenvalue weighted by molar-refractivity contribution is 0.338. The van der Waals surface area contributed by atoms with E-state index in [9.17, 15) is 4.39 Å². The maximum Gasteiger partial charge on any atom is 0.123 e. The number of nitrogens with two attached hydrogens (primary N) is 1. The number of halogens is 2. The molecule has 1 aliphatic carbocycles. The van der Waals surface area contributed by atoms with Gasteiger partial charge in [0, 0.05) is 27.4 Å². The Morgan fingerprint density at radius 2 is 1.97 bits per heavy atom. The third-order valence-corrected chi connectivity index (χ3v) is 7.24. The van der Waals surface area contributed by atoms with Gasteiger partial charge in [-0.1, -0.05) is 18.2 Å². The minimum absolute atomic E-state index is 0.00207. The molecule has 0 saturated heterocycles. The van der Waals surface area contributed by atoms with E-state index in [1.54, 1.807) is 18.2 Å². The van der Waals surface area contributed by atoms with Gasteiger partial charge in [0.1, 0.15) is 5.82 Å². The molecule has 6 heteroatoms. The zero-order valence-corrected chi connectivity index (χ0v) is 18.8. The number of fused-ring (bicyclic) bond motifs is 1. The van der Waals surface area contributed by atoms with Crippen LogP contribution in [0.5, 0.6) is 0 Å². The summed E-state index contributed by atoms with van der Waals surface area (Å²) < 4.78 is 13.8. The quantitative estimate of drug-likeness (QED) is 0.250. The van der Waals surface area contributed by atoms with Crippen LogP contribution in [0.3, 0.4) is 0 Å². The van der Waals surface area contributed by atoms with Crippen molar-refractivity contribution >= 4 is 52.7 Å². The summed E-state index contributed by atoms with van der Waals surface area (Å²) in [6.45, 7) is 4.31. The zero-order chi connectivity index (χ0) is 22.0. The Hall–Kier alpha value is -2.37. The molecule has 160 valence electrons. The molecule has 3 nitrogen and oxygen atoms in total. The average molecular weight is 454 g/mol. The number of benzene rings is 2. The second-order valence-electron chi connectivity index (χ2n) is 8.08. The van der Waals surface area contributed by atoms with E-state index >= 15 is 0 Å². The minimum Gasteiger partial charge on any atom is -0.390 e. The molecule has 0 spiro atoms. The molecule has 1 aliphatic rings. The summed E-state index contributed by atoms with van der Waals surface area (Å²) in [6.07, 6.45) is 7.19. The van der Waals surface area contributed by atoms with Crippen molar-refractivity contribution in [3.05, 3.63) is 77.2 Å². The Balaban J connectivity index is 1.50. The summed E-state index contributed by atoms with van der Waals surface area (Å²) in [4.78, 5) is 8.63. The van der Waals surface area contributed by atoms with Crippen molar-refractivity contribution in [3.63, 3.8) is 0 Å². The van der Waals surface area contributed by atoms with Crippen LogP contribution < -0.4 is 5.73 Å². The fourth-order valence-electron chi connectivity index (χ4n) is 4.64. The van der Waals surface area contributed by atoms with Gasteiger partial charge in [-0.2, -0.15) is 12.6 Å². The number of hydrogen-bond donors (Lipinski definition) is 2. The number of hydrogen-bond acceptors (Lipinski definition) is 3. The lowest BCUT2D eigenvalue weighted by Gasteiger charge is -2.33. The summed E-state index contributed by atoms with van der Waals surface area (Å²) in [6, 6.07) is 12.4. The van der Waals surface area contributed by atoms with Gasteiger partial charge >= 0.3 is 0 Å². The lowest BCUT2D eigenvalue weighted by Crippen LogP contribution is -2.22. The molecule has 0 radical (unpaired) electrons. The molecule has 4 rings (SSSR count). The predicted molar refractivity (Wildman–Crippen MR) is 132 cm³/mol. The van der Waals surface area contributed by atoms with E-state index in [2.05, 4.69) is 16.6 Å². The van der Waals surface area contributed by atoms with Crippen LogP contribution in [-0.4, -0.2) is 16.6 Å². The molecule has 2 N–H and O–H groups in total. The van der Waals surface area contributed by atoms with Crippen LogP contribution in [0.1, 0.15) is 42.7 Å². The molecule has 1 fully saturated rings. The Labute approximate surface area is 192 Å². The maximum absolute atomic E-state index is 13.8. The highest BCUT2D eigenvalue weighted by Gasteiger charge is 2.29. The van der Waals surface area contributed by atoms with E-state index in [4.69, 9.17) is 30.0 Å². The molecule has 1 aromatic heterocycles. The van der Waals surface area contributed by atoms with E-state index < -0.39 is 0 Å². The normalized spacial score (nSPS) is 20.2. The summed E-state index contributed by atoms with van der Waals surface area (Å²) in [5, 5.41) is 1.55. The van der Waals surface area contributed by atoms with Gasteiger partial charge in [-0.15, -0.1) is 0 Å². The van der Waals surface area contributed by atoms with Crippen molar-refractivity contribution in [2.75, 3.05) is 0 Å². The van der Waals surface area contributed by atoms with Crippen LogP contribution in [0.15, 0.2) is 60.2 Å². The molecule has 1 saturated carbocycles. The number of nitrogens with zero attached hydrogens (tertiary/aromatic N) is 2. The van der Waals surface area contributed by atoms with E-state index in [1.165, 1.54) is 18.0 Å². The molecule has 3 aromatic rings. The number of aliphatic imine (C=N–C) groups is 1. The van der Waals surface area contributed by atoms with Crippen LogP contribution >= 0.6 is 24.2 Å². The molecule has 1 heterocycles. The molecule has 1 unspecified atom stereocenters. The van der Waals surface area contributed by atoms with E-state index in [1.807, 2.05) is 24.4 Å². The molecule has 2 aromatic carbocycles. The van der Waals surface area contributed by atoms with Gasteiger partial charge < -0.3 is 5.73 Å². The van der Waals surface area contributed by atoms with Crippen LogP contribution in [-0.2, 0) is 0 Å². The van der Waals surface area contributed by atoms with Crippen molar-refractivity contribution in [3.8, 4) is 0 Å². The van der Waals surface area contributed by atoms with Gasteiger partial charge in [-0.3, -0.25) is 4.98 Å². The second-order valence-corrected chi connectivity index (χ2v) is 9.08. The minimum atomic E-state index is -0.223. The second kappa shape index (κ2) is 9.41. The molecule has 1 atom stereocenters. The van der Waals surface area contributed by atoms with Gasteiger partial charge in [0.05, 0.1) is 17.5 Å². The lowest BCUT2D eigenvalue weighted by atomic mass is 9.75. The van der Waals surface area contributed by atoms with Crippen molar-refractivity contribution in [2.24, 2.45) is 16.6 Å². The zero-order valence-electron chi connectivity index (χ0n) is 17.1. The number of rotatable bonds is 5. The van der Waals surface area contributed by atoms with E-state index in [0.717, 1.165) is 53.4 Å². The monoisotopic (exact) mass is 453 g/mol. The fourth-order valence-corrected chi connectivity index (χ4v) is 5.25. The predicted octanol–water partition coefficient (Wildman–Crippen LogP) is 6.93. The molecule has 0 bridgehead atoms. The highest BCUT2D eigenvalue weighted by molar-refractivity contribution is 7.81. The number of thiol groups is 1. The summed E-state index contributed by atoms with van der Waals surface area (Å²) >= 11 is 11.1. The van der Waals surface area contributed by atoms with Crippen LogP contribution in [0.25, 0.3) is 16.5 Å². The highest BCUT2D eigenvalue weighted by Crippen LogP contribution is 2.44. The highest BCUT2D eigenvalue weighted by atomic mass is 35.5. The third-order valence-electron chi connectivity index (χ3n) is 6.27.